The molecule has 4 heteroatoms. The number of hydrogen-bond donors (Lipinski definition) is 2. The average molecular weight is 196 g/mol. The summed E-state index contributed by atoms with van der Waals surface area (Å²) in [4.78, 5) is 5.18. The summed E-state index contributed by atoms with van der Waals surface area (Å²) in [7, 11) is 0. The monoisotopic (exact) mass is 196 g/mol. The molecule has 2 nitrogen and oxygen atoms in total. The van der Waals surface area contributed by atoms with E-state index in [1.807, 2.05) is 18.3 Å². The molecule has 0 bridgehead atoms. The van der Waals surface area contributed by atoms with Crippen LogP contribution in [-0.2, 0) is 0 Å². The van der Waals surface area contributed by atoms with Gasteiger partial charge in [0.2, 0.25) is 0 Å². The Kier molecular flexibility index (Phi) is 2.28. The Labute approximate surface area is 80.9 Å². The zero-order chi connectivity index (χ0) is 8.39. The van der Waals surface area contributed by atoms with Crippen molar-refractivity contribution in [2.75, 3.05) is 0 Å². The molecule has 2 heterocycles. The molecule has 1 aliphatic rings. The molecule has 1 atom stereocenters. The summed E-state index contributed by atoms with van der Waals surface area (Å²) < 4.78 is 0.188. The fourth-order valence-electron chi connectivity index (χ4n) is 1.00. The van der Waals surface area contributed by atoms with Gasteiger partial charge in [0.05, 0.1) is 0 Å². The van der Waals surface area contributed by atoms with Crippen LogP contribution >= 0.6 is 24.4 Å². The molecule has 0 spiro atoms. The van der Waals surface area contributed by atoms with Gasteiger partial charge in [-0.15, -0.1) is 12.6 Å². The van der Waals surface area contributed by atoms with E-state index in [1.165, 1.54) is 10.5 Å². The maximum absolute atomic E-state index is 4.29. The van der Waals surface area contributed by atoms with Crippen LogP contribution < -0.4 is 5.32 Å². The van der Waals surface area contributed by atoms with E-state index in [0.717, 1.165) is 0 Å². The second kappa shape index (κ2) is 3.41. The highest BCUT2D eigenvalue weighted by molar-refractivity contribution is 8.17. The molecule has 1 aromatic rings. The summed E-state index contributed by atoms with van der Waals surface area (Å²) in [6.07, 6.45) is 5.57. The Morgan fingerprint density at radius 3 is 2.75 bits per heavy atom. The molecule has 1 N–H and O–H groups in total. The lowest BCUT2D eigenvalue weighted by Crippen LogP contribution is -2.06. The van der Waals surface area contributed by atoms with Crippen molar-refractivity contribution >= 4 is 29.3 Å². The number of aromatic nitrogens is 1. The maximum Gasteiger partial charge on any atom is 0.121 e. The molecule has 12 heavy (non-hydrogen) atoms. The van der Waals surface area contributed by atoms with E-state index in [2.05, 4.69) is 22.9 Å². The first-order valence-corrected chi connectivity index (χ1v) is 4.97. The summed E-state index contributed by atoms with van der Waals surface area (Å²) in [6, 6.07) is 3.98. The first kappa shape index (κ1) is 8.01. The van der Waals surface area contributed by atoms with Gasteiger partial charge in [-0.2, -0.15) is 0 Å². The predicted molar refractivity (Wildman–Crippen MR) is 55.7 cm³/mol. The van der Waals surface area contributed by atoms with Crippen LogP contribution in [0, 0.1) is 0 Å². The van der Waals surface area contributed by atoms with Gasteiger partial charge < -0.3 is 5.32 Å². The SMILES string of the molecule is SC1NC=C(c2ccncc2)S1. The summed E-state index contributed by atoms with van der Waals surface area (Å²) in [5.74, 6) is 0. The highest BCUT2D eigenvalue weighted by Crippen LogP contribution is 2.34. The van der Waals surface area contributed by atoms with Gasteiger partial charge in [-0.3, -0.25) is 4.98 Å². The van der Waals surface area contributed by atoms with E-state index >= 15 is 0 Å². The highest BCUT2D eigenvalue weighted by atomic mass is 32.2. The minimum Gasteiger partial charge on any atom is -0.370 e. The topological polar surface area (TPSA) is 24.9 Å². The van der Waals surface area contributed by atoms with Crippen LogP contribution in [0.3, 0.4) is 0 Å². The van der Waals surface area contributed by atoms with Crippen molar-refractivity contribution in [2.24, 2.45) is 0 Å². The summed E-state index contributed by atoms with van der Waals surface area (Å²) in [5.41, 5.74) is 1.19. The third-order valence-corrected chi connectivity index (χ3v) is 2.99. The summed E-state index contributed by atoms with van der Waals surface area (Å²) >= 11 is 5.99. The number of pyridine rings is 1. The standard InChI is InChI=1S/C8H8N2S2/c11-8-10-5-7(12-8)6-1-3-9-4-2-6/h1-5,8,10-11H. The number of thioether (sulfide) groups is 1. The number of thiol groups is 1. The third-order valence-electron chi connectivity index (χ3n) is 1.56. The Morgan fingerprint density at radius 1 is 1.42 bits per heavy atom. The number of nitrogens with one attached hydrogen (secondary N) is 1. The van der Waals surface area contributed by atoms with E-state index in [9.17, 15) is 0 Å². The van der Waals surface area contributed by atoms with E-state index in [0.29, 0.717) is 0 Å². The van der Waals surface area contributed by atoms with Crippen LogP contribution in [0.2, 0.25) is 0 Å². The fourth-order valence-corrected chi connectivity index (χ4v) is 2.20. The Morgan fingerprint density at radius 2 is 2.17 bits per heavy atom. The van der Waals surface area contributed by atoms with Crippen molar-refractivity contribution in [2.45, 2.75) is 4.71 Å². The van der Waals surface area contributed by atoms with Gasteiger partial charge >= 0.3 is 0 Å². The van der Waals surface area contributed by atoms with Crippen LogP contribution in [0.1, 0.15) is 5.56 Å². The first-order chi connectivity index (χ1) is 5.86. The zero-order valence-corrected chi connectivity index (χ0v) is 7.98. The summed E-state index contributed by atoms with van der Waals surface area (Å²) in [5, 5.41) is 3.11. The van der Waals surface area contributed by atoms with Crippen molar-refractivity contribution in [3.05, 3.63) is 36.3 Å². The minimum atomic E-state index is 0.188. The molecule has 1 aromatic heterocycles. The molecule has 1 aliphatic heterocycles. The normalized spacial score (nSPS) is 21.8. The van der Waals surface area contributed by atoms with Crippen molar-refractivity contribution < 1.29 is 0 Å². The quantitative estimate of drug-likeness (QED) is 0.671. The van der Waals surface area contributed by atoms with Gasteiger partial charge in [-0.05, 0) is 17.7 Å². The van der Waals surface area contributed by atoms with Gasteiger partial charge in [-0.1, -0.05) is 11.8 Å². The van der Waals surface area contributed by atoms with Crippen LogP contribution in [-0.4, -0.2) is 9.69 Å². The van der Waals surface area contributed by atoms with E-state index in [-0.39, 0.29) is 4.71 Å². The van der Waals surface area contributed by atoms with Gasteiger partial charge in [0.15, 0.2) is 0 Å². The number of hydrogen-bond acceptors (Lipinski definition) is 4. The van der Waals surface area contributed by atoms with Crippen molar-refractivity contribution in [1.29, 1.82) is 0 Å². The lowest BCUT2D eigenvalue weighted by atomic mass is 10.3. The van der Waals surface area contributed by atoms with E-state index in [1.54, 1.807) is 24.2 Å². The van der Waals surface area contributed by atoms with Gasteiger partial charge in [0.25, 0.3) is 0 Å². The number of nitrogens with zero attached hydrogens (tertiary/aromatic N) is 1. The van der Waals surface area contributed by atoms with Gasteiger partial charge in [0.1, 0.15) is 4.71 Å². The molecule has 0 saturated heterocycles. The van der Waals surface area contributed by atoms with Crippen molar-refractivity contribution in [3.8, 4) is 0 Å². The molecule has 1 unspecified atom stereocenters. The number of rotatable bonds is 1. The van der Waals surface area contributed by atoms with Crippen LogP contribution in [0.5, 0.6) is 0 Å². The lowest BCUT2D eigenvalue weighted by Gasteiger charge is -2.01. The average Bonchev–Trinajstić information content (AvgIpc) is 2.54. The second-order valence-corrected chi connectivity index (χ2v) is 4.39. The molecule has 62 valence electrons. The van der Waals surface area contributed by atoms with Crippen LogP contribution in [0.15, 0.2) is 30.7 Å². The Bertz CT molecular complexity index is 297. The van der Waals surface area contributed by atoms with E-state index in [4.69, 9.17) is 0 Å². The Hall–Kier alpha value is -0.610. The smallest absolute Gasteiger partial charge is 0.121 e. The molecule has 0 radical (unpaired) electrons. The van der Waals surface area contributed by atoms with Gasteiger partial charge in [-0.25, -0.2) is 0 Å². The zero-order valence-electron chi connectivity index (χ0n) is 6.27. The third kappa shape index (κ3) is 1.59. The van der Waals surface area contributed by atoms with Crippen molar-refractivity contribution in [3.63, 3.8) is 0 Å². The van der Waals surface area contributed by atoms with Gasteiger partial charge in [0, 0.05) is 23.5 Å². The first-order valence-electron chi connectivity index (χ1n) is 3.57. The molecule has 0 aromatic carbocycles. The minimum absolute atomic E-state index is 0.188. The molecular weight excluding hydrogens is 188 g/mol. The molecule has 2 rings (SSSR count). The van der Waals surface area contributed by atoms with E-state index < -0.39 is 0 Å². The van der Waals surface area contributed by atoms with Crippen LogP contribution in [0.4, 0.5) is 0 Å². The highest BCUT2D eigenvalue weighted by Gasteiger charge is 2.13. The molecule has 0 aliphatic carbocycles. The molecular formula is C8H8N2S2. The molecule has 0 saturated carbocycles. The fraction of sp³-hybridized carbons (Fsp3) is 0.125. The van der Waals surface area contributed by atoms with Crippen LogP contribution in [0.25, 0.3) is 4.91 Å². The molecule has 0 amide bonds. The maximum atomic E-state index is 4.29. The van der Waals surface area contributed by atoms with Crippen molar-refractivity contribution in [1.82, 2.24) is 10.3 Å². The molecule has 0 fully saturated rings. The second-order valence-electron chi connectivity index (χ2n) is 2.38. The largest absolute Gasteiger partial charge is 0.370 e. The Balaban J connectivity index is 2.22. The lowest BCUT2D eigenvalue weighted by molar-refractivity contribution is 1.04. The summed E-state index contributed by atoms with van der Waals surface area (Å²) in [6.45, 7) is 0. The predicted octanol–water partition coefficient (Wildman–Crippen LogP) is 1.93.